The van der Waals surface area contributed by atoms with Crippen LogP contribution < -0.4 is 16.0 Å². The standard InChI is InChI=1S/C25H18ClF3N8O2/c1-13-8-14(12-30)9-16(23(38)31-2)21(13)35-24(39)18-11-20(36-37(18)22-17(26)4-3-6-33-22)34-19-10-15(5-7-32-19)25(27,28)29/h3-11H,1-2H3,(H,31,38)(H,35,39)(H,32,34,36). The molecule has 3 N–H and O–H groups in total. The highest BCUT2D eigenvalue weighted by molar-refractivity contribution is 6.32. The molecule has 39 heavy (non-hydrogen) atoms. The SMILES string of the molecule is CNC(=O)c1cc(C#N)cc(C)c1NC(=O)c1cc(Nc2cc(C(F)(F)F)ccn2)nn1-c1ncccc1Cl. The van der Waals surface area contributed by atoms with Gasteiger partial charge in [-0.3, -0.25) is 9.59 Å². The summed E-state index contributed by atoms with van der Waals surface area (Å²) in [6.07, 6.45) is -2.19. The number of aryl methyl sites for hydroxylation is 1. The molecular formula is C25H18ClF3N8O2. The molecule has 14 heteroatoms. The van der Waals surface area contributed by atoms with E-state index in [4.69, 9.17) is 11.6 Å². The van der Waals surface area contributed by atoms with Gasteiger partial charge >= 0.3 is 6.18 Å². The topological polar surface area (TPSA) is 138 Å². The molecule has 0 saturated carbocycles. The van der Waals surface area contributed by atoms with Crippen LogP contribution in [0.3, 0.4) is 0 Å². The molecule has 4 rings (SSSR count). The van der Waals surface area contributed by atoms with Gasteiger partial charge in [0.05, 0.1) is 33.5 Å². The van der Waals surface area contributed by atoms with E-state index in [1.165, 1.54) is 37.5 Å². The van der Waals surface area contributed by atoms with E-state index in [9.17, 15) is 28.0 Å². The third-order valence-corrected chi connectivity index (χ3v) is 5.69. The maximum absolute atomic E-state index is 13.5. The molecule has 0 spiro atoms. The molecule has 0 fully saturated rings. The quantitative estimate of drug-likeness (QED) is 0.309. The Balaban J connectivity index is 1.78. The zero-order chi connectivity index (χ0) is 28.3. The molecule has 0 unspecified atom stereocenters. The number of nitrogens with one attached hydrogen (secondary N) is 3. The van der Waals surface area contributed by atoms with Crippen molar-refractivity contribution in [3.05, 3.63) is 87.8 Å². The minimum atomic E-state index is -4.59. The summed E-state index contributed by atoms with van der Waals surface area (Å²) in [7, 11) is 1.40. The summed E-state index contributed by atoms with van der Waals surface area (Å²) in [6, 6.07) is 10.8. The Morgan fingerprint density at radius 1 is 1.05 bits per heavy atom. The number of rotatable bonds is 6. The third-order valence-electron chi connectivity index (χ3n) is 5.40. The highest BCUT2D eigenvalue weighted by atomic mass is 35.5. The highest BCUT2D eigenvalue weighted by Gasteiger charge is 2.31. The van der Waals surface area contributed by atoms with Gasteiger partial charge in [-0.25, -0.2) is 14.6 Å². The van der Waals surface area contributed by atoms with Gasteiger partial charge in [0, 0.05) is 25.5 Å². The average molecular weight is 555 g/mol. The van der Waals surface area contributed by atoms with Gasteiger partial charge in [-0.05, 0) is 48.9 Å². The highest BCUT2D eigenvalue weighted by Crippen LogP contribution is 2.31. The van der Waals surface area contributed by atoms with Crippen molar-refractivity contribution >= 4 is 40.7 Å². The van der Waals surface area contributed by atoms with E-state index in [0.29, 0.717) is 5.56 Å². The van der Waals surface area contributed by atoms with Gasteiger partial charge in [-0.1, -0.05) is 11.6 Å². The van der Waals surface area contributed by atoms with E-state index < -0.39 is 23.6 Å². The Morgan fingerprint density at radius 2 is 1.82 bits per heavy atom. The molecule has 2 amide bonds. The molecule has 0 saturated heterocycles. The lowest BCUT2D eigenvalue weighted by Gasteiger charge is -2.14. The summed E-state index contributed by atoms with van der Waals surface area (Å²) < 4.78 is 40.6. The van der Waals surface area contributed by atoms with Crippen LogP contribution in [0.5, 0.6) is 0 Å². The second-order valence-electron chi connectivity index (χ2n) is 8.05. The monoisotopic (exact) mass is 554 g/mol. The smallest absolute Gasteiger partial charge is 0.355 e. The number of nitrogens with zero attached hydrogens (tertiary/aromatic N) is 5. The van der Waals surface area contributed by atoms with Gasteiger partial charge in [0.1, 0.15) is 11.5 Å². The number of amides is 2. The number of hydrogen-bond donors (Lipinski definition) is 3. The number of benzene rings is 1. The molecule has 198 valence electrons. The van der Waals surface area contributed by atoms with Crippen molar-refractivity contribution in [3.63, 3.8) is 0 Å². The molecule has 0 aliphatic rings. The first-order valence-corrected chi connectivity index (χ1v) is 11.5. The summed E-state index contributed by atoms with van der Waals surface area (Å²) in [5.74, 6) is -1.41. The van der Waals surface area contributed by atoms with Crippen molar-refractivity contribution in [2.75, 3.05) is 17.7 Å². The number of carbonyl (C=O) groups is 2. The number of halogens is 4. The van der Waals surface area contributed by atoms with Crippen LogP contribution in [0.2, 0.25) is 5.02 Å². The van der Waals surface area contributed by atoms with E-state index in [2.05, 4.69) is 31.0 Å². The van der Waals surface area contributed by atoms with Crippen LogP contribution in [0.1, 0.15) is 37.5 Å². The first-order chi connectivity index (χ1) is 18.5. The Bertz CT molecular complexity index is 1630. The first kappa shape index (κ1) is 27.1. The van der Waals surface area contributed by atoms with E-state index >= 15 is 0 Å². The molecule has 1 aromatic carbocycles. The molecule has 3 heterocycles. The van der Waals surface area contributed by atoms with Crippen molar-refractivity contribution in [2.45, 2.75) is 13.1 Å². The van der Waals surface area contributed by atoms with Crippen molar-refractivity contribution in [1.82, 2.24) is 25.1 Å². The Hall–Kier alpha value is -4.96. The Morgan fingerprint density at radius 3 is 2.49 bits per heavy atom. The van der Waals surface area contributed by atoms with Crippen LogP contribution in [0.4, 0.5) is 30.5 Å². The number of nitriles is 1. The van der Waals surface area contributed by atoms with Crippen LogP contribution in [0.15, 0.2) is 54.9 Å². The molecule has 4 aromatic rings. The molecule has 0 aliphatic heterocycles. The van der Waals surface area contributed by atoms with Gasteiger partial charge in [0.25, 0.3) is 11.8 Å². The van der Waals surface area contributed by atoms with E-state index in [0.717, 1.165) is 23.0 Å². The largest absolute Gasteiger partial charge is 0.416 e. The minimum absolute atomic E-state index is 0.0308. The second kappa shape index (κ2) is 10.8. The summed E-state index contributed by atoms with van der Waals surface area (Å²) in [5, 5.41) is 21.5. The van der Waals surface area contributed by atoms with E-state index in [-0.39, 0.29) is 45.0 Å². The summed E-state index contributed by atoms with van der Waals surface area (Å²) in [6.45, 7) is 1.61. The van der Waals surface area contributed by atoms with Crippen molar-refractivity contribution in [2.24, 2.45) is 0 Å². The maximum atomic E-state index is 13.5. The lowest BCUT2D eigenvalue weighted by atomic mass is 10.0. The van der Waals surface area contributed by atoms with Crippen LogP contribution in [-0.4, -0.2) is 38.6 Å². The van der Waals surface area contributed by atoms with Crippen LogP contribution in [-0.2, 0) is 6.18 Å². The summed E-state index contributed by atoms with van der Waals surface area (Å²) in [5.41, 5.74) is -0.188. The normalized spacial score (nSPS) is 11.0. The number of carbonyl (C=O) groups excluding carboxylic acids is 2. The number of aromatic nitrogens is 4. The van der Waals surface area contributed by atoms with Crippen molar-refractivity contribution < 1.29 is 22.8 Å². The van der Waals surface area contributed by atoms with E-state index in [1.807, 2.05) is 6.07 Å². The van der Waals surface area contributed by atoms with Crippen molar-refractivity contribution in [1.29, 1.82) is 5.26 Å². The molecule has 0 atom stereocenters. The van der Waals surface area contributed by atoms with Gasteiger partial charge in [-0.2, -0.15) is 18.4 Å². The zero-order valence-electron chi connectivity index (χ0n) is 20.3. The van der Waals surface area contributed by atoms with Crippen LogP contribution >= 0.6 is 11.6 Å². The Kier molecular flexibility index (Phi) is 7.50. The molecule has 10 nitrogen and oxygen atoms in total. The number of alkyl halides is 3. The molecular weight excluding hydrogens is 537 g/mol. The number of hydrogen-bond acceptors (Lipinski definition) is 7. The predicted octanol–water partition coefficient (Wildman–Crippen LogP) is 4.87. The Labute approximate surface area is 224 Å². The first-order valence-electron chi connectivity index (χ1n) is 11.1. The predicted molar refractivity (Wildman–Crippen MR) is 136 cm³/mol. The molecule has 3 aromatic heterocycles. The molecule has 0 radical (unpaired) electrons. The fourth-order valence-corrected chi connectivity index (χ4v) is 3.82. The van der Waals surface area contributed by atoms with Crippen molar-refractivity contribution in [3.8, 4) is 11.9 Å². The second-order valence-corrected chi connectivity index (χ2v) is 8.46. The summed E-state index contributed by atoms with van der Waals surface area (Å²) >= 11 is 6.28. The number of anilines is 3. The lowest BCUT2D eigenvalue weighted by Crippen LogP contribution is -2.24. The van der Waals surface area contributed by atoms with Gasteiger partial charge in [0.15, 0.2) is 11.6 Å². The fraction of sp³-hybridized carbons (Fsp3) is 0.120. The molecule has 0 aliphatic carbocycles. The lowest BCUT2D eigenvalue weighted by molar-refractivity contribution is -0.137. The minimum Gasteiger partial charge on any atom is -0.355 e. The summed E-state index contributed by atoms with van der Waals surface area (Å²) in [4.78, 5) is 34.1. The zero-order valence-corrected chi connectivity index (χ0v) is 21.0. The number of pyridine rings is 2. The fourth-order valence-electron chi connectivity index (χ4n) is 3.61. The third kappa shape index (κ3) is 5.81. The van der Waals surface area contributed by atoms with Gasteiger partial charge in [0.2, 0.25) is 0 Å². The molecule has 0 bridgehead atoms. The van der Waals surface area contributed by atoms with Gasteiger partial charge < -0.3 is 16.0 Å². The maximum Gasteiger partial charge on any atom is 0.416 e. The van der Waals surface area contributed by atoms with Crippen LogP contribution in [0.25, 0.3) is 5.82 Å². The average Bonchev–Trinajstić information content (AvgIpc) is 3.32. The van der Waals surface area contributed by atoms with E-state index in [1.54, 1.807) is 13.0 Å². The van der Waals surface area contributed by atoms with Crippen LogP contribution in [0, 0.1) is 18.3 Å². The van der Waals surface area contributed by atoms with Gasteiger partial charge in [-0.15, -0.1) is 5.10 Å².